The fraction of sp³-hybridized carbons (Fsp3) is 0.462. The van der Waals surface area contributed by atoms with Crippen LogP contribution in [0.25, 0.3) is 0 Å². The highest BCUT2D eigenvalue weighted by molar-refractivity contribution is 7.99. The molecule has 3 rings (SSSR count). The molecule has 2 fully saturated rings. The van der Waals surface area contributed by atoms with E-state index < -0.39 is 0 Å². The van der Waals surface area contributed by atoms with Crippen LogP contribution in [-0.2, 0) is 4.79 Å². The van der Waals surface area contributed by atoms with E-state index in [4.69, 9.17) is 23.2 Å². The van der Waals surface area contributed by atoms with Crippen LogP contribution < -0.4 is 10.6 Å². The summed E-state index contributed by atoms with van der Waals surface area (Å²) in [4.78, 5) is 12.0. The standard InChI is InChI=1S/C13H14Cl2N2OS/c14-9-3-1-2-7(12(9)15)8-4-10(8)17-13(18)11-5-19-6-16-11/h1-3,8,10-11,16H,4-6H2,(H,17,18)/t8-,10+,11-/m1/s1. The van der Waals surface area contributed by atoms with Crippen LogP contribution in [-0.4, -0.2) is 29.6 Å². The van der Waals surface area contributed by atoms with Gasteiger partial charge in [-0.05, 0) is 18.1 Å². The first-order valence-corrected chi connectivity index (χ1v) is 8.13. The molecule has 2 aliphatic rings. The lowest BCUT2D eigenvalue weighted by Gasteiger charge is -2.11. The Kier molecular flexibility index (Phi) is 3.94. The van der Waals surface area contributed by atoms with Crippen LogP contribution in [0.5, 0.6) is 0 Å². The van der Waals surface area contributed by atoms with Crippen molar-refractivity contribution < 1.29 is 4.79 Å². The van der Waals surface area contributed by atoms with Crippen LogP contribution in [0.2, 0.25) is 10.0 Å². The third-order valence-electron chi connectivity index (χ3n) is 3.53. The van der Waals surface area contributed by atoms with Crippen LogP contribution in [0.1, 0.15) is 17.9 Å². The Balaban J connectivity index is 1.61. The molecule has 1 saturated carbocycles. The van der Waals surface area contributed by atoms with E-state index in [1.54, 1.807) is 17.8 Å². The molecule has 1 aromatic rings. The van der Waals surface area contributed by atoms with Gasteiger partial charge < -0.3 is 5.32 Å². The molecule has 0 unspecified atom stereocenters. The molecular weight excluding hydrogens is 303 g/mol. The number of hydrogen-bond acceptors (Lipinski definition) is 3. The summed E-state index contributed by atoms with van der Waals surface area (Å²) in [5.41, 5.74) is 1.04. The van der Waals surface area contributed by atoms with Crippen molar-refractivity contribution in [3.05, 3.63) is 33.8 Å². The van der Waals surface area contributed by atoms with E-state index in [-0.39, 0.29) is 18.0 Å². The summed E-state index contributed by atoms with van der Waals surface area (Å²) < 4.78 is 0. The fourth-order valence-corrected chi connectivity index (χ4v) is 3.74. The summed E-state index contributed by atoms with van der Waals surface area (Å²) in [6.07, 6.45) is 0.936. The first kappa shape index (κ1) is 13.6. The molecule has 0 radical (unpaired) electrons. The molecule has 1 heterocycles. The van der Waals surface area contributed by atoms with Gasteiger partial charge in [0, 0.05) is 23.6 Å². The average Bonchev–Trinajstić information content (AvgIpc) is 2.93. The maximum atomic E-state index is 12.0. The molecule has 0 bridgehead atoms. The molecule has 3 atom stereocenters. The number of amides is 1. The molecule has 0 spiro atoms. The lowest BCUT2D eigenvalue weighted by molar-refractivity contribution is -0.122. The Bertz CT molecular complexity index is 505. The van der Waals surface area contributed by atoms with E-state index >= 15 is 0 Å². The maximum absolute atomic E-state index is 12.0. The highest BCUT2D eigenvalue weighted by Crippen LogP contribution is 2.45. The SMILES string of the molecule is O=C(N[C@H]1C[C@@H]1c1cccc(Cl)c1Cl)[C@H]1CSCN1. The zero-order valence-corrected chi connectivity index (χ0v) is 12.5. The average molecular weight is 317 g/mol. The number of carbonyl (C=O) groups excluding carboxylic acids is 1. The quantitative estimate of drug-likeness (QED) is 0.900. The van der Waals surface area contributed by atoms with Crippen LogP contribution in [0, 0.1) is 0 Å². The Hall–Kier alpha value is -0.420. The van der Waals surface area contributed by atoms with Crippen molar-refractivity contribution in [2.75, 3.05) is 11.6 Å². The van der Waals surface area contributed by atoms with Crippen molar-refractivity contribution >= 4 is 40.9 Å². The van der Waals surface area contributed by atoms with Gasteiger partial charge in [-0.1, -0.05) is 35.3 Å². The Morgan fingerprint density at radius 3 is 3.00 bits per heavy atom. The van der Waals surface area contributed by atoms with Crippen molar-refractivity contribution in [3.8, 4) is 0 Å². The van der Waals surface area contributed by atoms with E-state index in [9.17, 15) is 4.79 Å². The first-order valence-electron chi connectivity index (χ1n) is 6.22. The van der Waals surface area contributed by atoms with E-state index in [1.165, 1.54) is 0 Å². The van der Waals surface area contributed by atoms with Crippen molar-refractivity contribution in [2.24, 2.45) is 0 Å². The van der Waals surface area contributed by atoms with Gasteiger partial charge in [-0.2, -0.15) is 0 Å². The van der Waals surface area contributed by atoms with Gasteiger partial charge >= 0.3 is 0 Å². The maximum Gasteiger partial charge on any atom is 0.238 e. The molecule has 19 heavy (non-hydrogen) atoms. The monoisotopic (exact) mass is 316 g/mol. The number of nitrogens with one attached hydrogen (secondary N) is 2. The van der Waals surface area contributed by atoms with E-state index in [2.05, 4.69) is 10.6 Å². The third-order valence-corrected chi connectivity index (χ3v) is 5.31. The topological polar surface area (TPSA) is 41.1 Å². The van der Waals surface area contributed by atoms with Gasteiger partial charge in [0.1, 0.15) is 0 Å². The molecule has 102 valence electrons. The van der Waals surface area contributed by atoms with Gasteiger partial charge in [-0.15, -0.1) is 11.8 Å². The lowest BCUT2D eigenvalue weighted by Crippen LogP contribution is -2.43. The molecule has 0 aromatic heterocycles. The number of benzene rings is 1. The van der Waals surface area contributed by atoms with Crippen molar-refractivity contribution in [3.63, 3.8) is 0 Å². The molecule has 1 aliphatic heterocycles. The lowest BCUT2D eigenvalue weighted by atomic mass is 10.1. The van der Waals surface area contributed by atoms with E-state index in [0.29, 0.717) is 16.0 Å². The van der Waals surface area contributed by atoms with Gasteiger partial charge in [-0.3, -0.25) is 10.1 Å². The van der Waals surface area contributed by atoms with Gasteiger partial charge in [0.25, 0.3) is 0 Å². The summed E-state index contributed by atoms with van der Waals surface area (Å²) in [5, 5.41) is 7.43. The first-order chi connectivity index (χ1) is 9.16. The van der Waals surface area contributed by atoms with Crippen molar-refractivity contribution in [2.45, 2.75) is 24.4 Å². The number of thioether (sulfide) groups is 1. The smallest absolute Gasteiger partial charge is 0.238 e. The summed E-state index contributed by atoms with van der Waals surface area (Å²) in [7, 11) is 0. The molecule has 1 saturated heterocycles. The third kappa shape index (κ3) is 2.87. The highest BCUT2D eigenvalue weighted by Gasteiger charge is 2.42. The Morgan fingerprint density at radius 1 is 1.42 bits per heavy atom. The minimum absolute atomic E-state index is 0.0546. The predicted octanol–water partition coefficient (Wildman–Crippen LogP) is 2.63. The van der Waals surface area contributed by atoms with Crippen LogP contribution in [0.15, 0.2) is 18.2 Å². The number of carbonyl (C=O) groups is 1. The van der Waals surface area contributed by atoms with E-state index in [1.807, 2.05) is 12.1 Å². The summed E-state index contributed by atoms with van der Waals surface area (Å²) in [6.45, 7) is 0. The fourth-order valence-electron chi connectivity index (χ4n) is 2.35. The number of hydrogen-bond donors (Lipinski definition) is 2. The molecule has 3 nitrogen and oxygen atoms in total. The van der Waals surface area contributed by atoms with Gasteiger partial charge in [0.15, 0.2) is 0 Å². The molecule has 2 N–H and O–H groups in total. The normalized spacial score (nSPS) is 29.3. The second-order valence-electron chi connectivity index (χ2n) is 4.87. The second kappa shape index (κ2) is 5.52. The van der Waals surface area contributed by atoms with Crippen LogP contribution >= 0.6 is 35.0 Å². The van der Waals surface area contributed by atoms with Crippen LogP contribution in [0.4, 0.5) is 0 Å². The zero-order chi connectivity index (χ0) is 13.4. The largest absolute Gasteiger partial charge is 0.351 e. The Morgan fingerprint density at radius 2 is 2.26 bits per heavy atom. The summed E-state index contributed by atoms with van der Waals surface area (Å²) in [6, 6.07) is 5.80. The number of halogens is 2. The van der Waals surface area contributed by atoms with Gasteiger partial charge in [0.2, 0.25) is 5.91 Å². The predicted molar refractivity (Wildman–Crippen MR) is 80.0 cm³/mol. The molecule has 1 amide bonds. The van der Waals surface area contributed by atoms with E-state index in [0.717, 1.165) is 23.6 Å². The molecule has 1 aromatic carbocycles. The second-order valence-corrected chi connectivity index (χ2v) is 6.69. The van der Waals surface area contributed by atoms with Crippen molar-refractivity contribution in [1.29, 1.82) is 0 Å². The Labute approximate surface area is 126 Å². The highest BCUT2D eigenvalue weighted by atomic mass is 35.5. The summed E-state index contributed by atoms with van der Waals surface area (Å²) >= 11 is 14.0. The molecular formula is C13H14Cl2N2OS. The van der Waals surface area contributed by atoms with Gasteiger partial charge in [0.05, 0.1) is 16.1 Å². The molecule has 6 heteroatoms. The molecule has 1 aliphatic carbocycles. The minimum Gasteiger partial charge on any atom is -0.351 e. The summed E-state index contributed by atoms with van der Waals surface area (Å²) in [5.74, 6) is 2.09. The minimum atomic E-state index is -0.0546. The zero-order valence-electron chi connectivity index (χ0n) is 10.2. The van der Waals surface area contributed by atoms with Crippen LogP contribution in [0.3, 0.4) is 0 Å². The van der Waals surface area contributed by atoms with Crippen molar-refractivity contribution in [1.82, 2.24) is 10.6 Å². The van der Waals surface area contributed by atoms with Gasteiger partial charge in [-0.25, -0.2) is 0 Å². The number of rotatable bonds is 3.